The molecule has 2 fully saturated rings. The van der Waals surface area contributed by atoms with Gasteiger partial charge in [0.15, 0.2) is 0 Å². The summed E-state index contributed by atoms with van der Waals surface area (Å²) >= 11 is 0. The van der Waals surface area contributed by atoms with Crippen molar-refractivity contribution in [2.45, 2.75) is 77.9 Å². The van der Waals surface area contributed by atoms with E-state index in [1.807, 2.05) is 31.1 Å². The number of hydrogen-bond donors (Lipinski definition) is 4. The molecule has 12 nitrogen and oxygen atoms in total. The van der Waals surface area contributed by atoms with E-state index in [0.717, 1.165) is 65.1 Å². The van der Waals surface area contributed by atoms with Crippen LogP contribution in [-0.4, -0.2) is 75.9 Å². The van der Waals surface area contributed by atoms with Gasteiger partial charge in [-0.05, 0) is 65.3 Å². The second-order valence-corrected chi connectivity index (χ2v) is 15.3. The second kappa shape index (κ2) is 13.9. The molecule has 0 spiro atoms. The molecule has 2 saturated heterocycles. The monoisotopic (exact) mass is 701 g/mol. The van der Waals surface area contributed by atoms with Gasteiger partial charge in [-0.15, -0.1) is 0 Å². The van der Waals surface area contributed by atoms with Crippen LogP contribution in [-0.2, 0) is 10.3 Å². The van der Waals surface area contributed by atoms with Crippen LogP contribution in [0.15, 0.2) is 79.4 Å². The van der Waals surface area contributed by atoms with Crippen LogP contribution in [0.25, 0.3) is 33.6 Å². The Morgan fingerprint density at radius 1 is 0.846 bits per heavy atom. The van der Waals surface area contributed by atoms with Crippen LogP contribution in [0.4, 0.5) is 10.7 Å². The van der Waals surface area contributed by atoms with E-state index in [4.69, 9.17) is 9.97 Å². The normalized spacial score (nSPS) is 19.7. The molecule has 5 heterocycles. The van der Waals surface area contributed by atoms with Crippen molar-refractivity contribution in [3.63, 3.8) is 0 Å². The fourth-order valence-electron chi connectivity index (χ4n) is 7.99. The van der Waals surface area contributed by atoms with Gasteiger partial charge in [0.05, 0.1) is 29.8 Å². The summed E-state index contributed by atoms with van der Waals surface area (Å²) in [5.74, 6) is 2.00. The largest absolute Gasteiger partial charge is 0.465 e. The van der Waals surface area contributed by atoms with Crippen LogP contribution in [0, 0.1) is 11.3 Å². The molecule has 5 aromatic rings. The fraction of sp³-hybridized carbons (Fsp3) is 0.400. The summed E-state index contributed by atoms with van der Waals surface area (Å²) < 4.78 is 0. The predicted octanol–water partition coefficient (Wildman–Crippen LogP) is 7.74. The van der Waals surface area contributed by atoms with Crippen molar-refractivity contribution in [3.8, 4) is 33.6 Å². The van der Waals surface area contributed by atoms with Gasteiger partial charge >= 0.3 is 6.09 Å². The zero-order chi connectivity index (χ0) is 36.6. The molecule has 0 bridgehead atoms. The maximum absolute atomic E-state index is 13.8. The highest BCUT2D eigenvalue weighted by molar-refractivity contribution is 5.85. The van der Waals surface area contributed by atoms with E-state index < -0.39 is 17.7 Å². The molecule has 0 saturated carbocycles. The lowest BCUT2D eigenvalue weighted by atomic mass is 9.71. The number of anilines is 1. The summed E-state index contributed by atoms with van der Waals surface area (Å²) in [5, 5.41) is 13.3. The molecule has 2 aliphatic heterocycles. The van der Waals surface area contributed by atoms with Gasteiger partial charge in [0.2, 0.25) is 11.9 Å². The molecular weight excluding hydrogens is 655 g/mol. The van der Waals surface area contributed by atoms with Crippen LogP contribution in [0.2, 0.25) is 0 Å². The van der Waals surface area contributed by atoms with Crippen LogP contribution >= 0.6 is 0 Å². The molecule has 12 heteroatoms. The van der Waals surface area contributed by atoms with Crippen LogP contribution < -0.4 is 5.32 Å². The van der Waals surface area contributed by atoms with E-state index in [9.17, 15) is 14.7 Å². The van der Waals surface area contributed by atoms with Crippen molar-refractivity contribution in [1.82, 2.24) is 39.7 Å². The van der Waals surface area contributed by atoms with Crippen LogP contribution in [0.5, 0.6) is 0 Å². The Kier molecular flexibility index (Phi) is 9.33. The van der Waals surface area contributed by atoms with Crippen molar-refractivity contribution in [2.24, 2.45) is 11.3 Å². The standard InChI is InChI=1S/C40H47N9O3/c1-25(2)33(47-37-41-19-8-20-42-37)35(50)48-21-6-9-32(48)34-43-23-30(45-34)28-14-10-26(11-15-28)27-12-16-29(17-13-27)31-24-44-36(46-31)40(39(3,4)5)18-7-22-49(40)38(51)52/h8,10-17,19-20,23-25,32-33H,6-7,9,18,21-22H2,1-5H3,(H,43,45)(H,44,46)(H,51,52)(H,41,42,47). The minimum absolute atomic E-state index is 0.0266. The lowest BCUT2D eigenvalue weighted by Crippen LogP contribution is -2.53. The van der Waals surface area contributed by atoms with Gasteiger partial charge in [0.1, 0.15) is 23.2 Å². The summed E-state index contributed by atoms with van der Waals surface area (Å²) in [6, 6.07) is 17.9. The average molecular weight is 702 g/mol. The molecule has 0 radical (unpaired) electrons. The van der Waals surface area contributed by atoms with Gasteiger partial charge < -0.3 is 25.3 Å². The molecule has 0 aliphatic carbocycles. The Hall–Kier alpha value is -5.52. The number of aromatic nitrogens is 6. The molecular formula is C40H47N9O3. The number of aromatic amines is 2. The zero-order valence-electron chi connectivity index (χ0n) is 30.4. The Balaban J connectivity index is 1.04. The minimum Gasteiger partial charge on any atom is -0.465 e. The summed E-state index contributed by atoms with van der Waals surface area (Å²) in [6.07, 6.45) is 9.36. The van der Waals surface area contributed by atoms with Gasteiger partial charge in [-0.2, -0.15) is 0 Å². The number of amides is 2. The summed E-state index contributed by atoms with van der Waals surface area (Å²) in [4.78, 5) is 54.5. The quantitative estimate of drug-likeness (QED) is 0.122. The first-order valence-electron chi connectivity index (χ1n) is 18.1. The number of benzene rings is 2. The highest BCUT2D eigenvalue weighted by Gasteiger charge is 2.55. The number of H-pyrrole nitrogens is 2. The maximum atomic E-state index is 13.8. The van der Waals surface area contributed by atoms with Crippen molar-refractivity contribution in [3.05, 3.63) is 91.0 Å². The molecule has 3 aromatic heterocycles. The molecule has 4 N–H and O–H groups in total. The Morgan fingerprint density at radius 2 is 1.44 bits per heavy atom. The van der Waals surface area contributed by atoms with E-state index >= 15 is 0 Å². The number of carbonyl (C=O) groups is 2. The zero-order valence-corrected chi connectivity index (χ0v) is 30.4. The van der Waals surface area contributed by atoms with Crippen LogP contribution in [0.1, 0.15) is 78.0 Å². The van der Waals surface area contributed by atoms with Gasteiger partial charge in [-0.3, -0.25) is 9.69 Å². The molecule has 270 valence electrons. The molecule has 52 heavy (non-hydrogen) atoms. The van der Waals surface area contributed by atoms with E-state index in [0.29, 0.717) is 24.9 Å². The highest BCUT2D eigenvalue weighted by atomic mass is 16.4. The van der Waals surface area contributed by atoms with Crippen molar-refractivity contribution >= 4 is 17.9 Å². The first-order chi connectivity index (χ1) is 25.0. The van der Waals surface area contributed by atoms with E-state index in [1.54, 1.807) is 23.4 Å². The fourth-order valence-corrected chi connectivity index (χ4v) is 7.99. The summed E-state index contributed by atoms with van der Waals surface area (Å²) in [6.45, 7) is 11.5. The topological polar surface area (TPSA) is 156 Å². The SMILES string of the molecule is CC(C)C(Nc1ncccn1)C(=O)N1CCCC1c1ncc(-c2ccc(-c3ccc(-c4cnc(C5(C(C)(C)C)CCCN5C(=O)O)[nH]4)cc3)cc2)[nH]1. The number of likely N-dealkylation sites (tertiary alicyclic amines) is 2. The Labute approximate surface area is 304 Å². The summed E-state index contributed by atoms with van der Waals surface area (Å²) in [5.41, 5.74) is 4.86. The van der Waals surface area contributed by atoms with Gasteiger partial charge in [0.25, 0.3) is 0 Å². The molecule has 2 amide bonds. The Morgan fingerprint density at radius 3 is 2.04 bits per heavy atom. The van der Waals surface area contributed by atoms with Crippen molar-refractivity contribution in [2.75, 3.05) is 18.4 Å². The van der Waals surface area contributed by atoms with E-state index in [1.165, 1.54) is 0 Å². The number of hydrogen-bond acceptors (Lipinski definition) is 7. The number of carboxylic acid groups (broad SMARTS) is 1. The van der Waals surface area contributed by atoms with E-state index in [2.05, 4.69) is 94.6 Å². The lowest BCUT2D eigenvalue weighted by Gasteiger charge is -2.45. The van der Waals surface area contributed by atoms with Gasteiger partial charge in [-0.1, -0.05) is 83.1 Å². The average Bonchev–Trinajstić information content (AvgIpc) is 3.97. The first kappa shape index (κ1) is 34.9. The lowest BCUT2D eigenvalue weighted by molar-refractivity contribution is -0.134. The number of rotatable bonds is 9. The molecule has 2 aliphatic rings. The number of imidazole rings is 2. The number of nitrogens with one attached hydrogen (secondary N) is 3. The van der Waals surface area contributed by atoms with Gasteiger partial charge in [-0.25, -0.2) is 24.7 Å². The van der Waals surface area contributed by atoms with Crippen molar-refractivity contribution in [1.29, 1.82) is 0 Å². The maximum Gasteiger partial charge on any atom is 0.408 e. The number of nitrogens with zero attached hydrogens (tertiary/aromatic N) is 6. The van der Waals surface area contributed by atoms with Gasteiger partial charge in [0, 0.05) is 25.5 Å². The Bertz CT molecular complexity index is 2020. The molecule has 3 unspecified atom stereocenters. The second-order valence-electron chi connectivity index (χ2n) is 15.3. The highest BCUT2D eigenvalue weighted by Crippen LogP contribution is 2.50. The molecule has 2 aromatic carbocycles. The predicted molar refractivity (Wildman–Crippen MR) is 200 cm³/mol. The third-order valence-electron chi connectivity index (χ3n) is 10.8. The minimum atomic E-state index is -0.912. The third kappa shape index (κ3) is 6.42. The summed E-state index contributed by atoms with van der Waals surface area (Å²) in [7, 11) is 0. The van der Waals surface area contributed by atoms with E-state index in [-0.39, 0.29) is 23.3 Å². The first-order valence-corrected chi connectivity index (χ1v) is 18.1. The van der Waals surface area contributed by atoms with Crippen LogP contribution in [0.3, 0.4) is 0 Å². The smallest absolute Gasteiger partial charge is 0.408 e. The molecule has 3 atom stereocenters. The molecule has 7 rings (SSSR count). The van der Waals surface area contributed by atoms with Crippen molar-refractivity contribution < 1.29 is 14.7 Å². The number of carbonyl (C=O) groups excluding carboxylic acids is 1. The third-order valence-corrected chi connectivity index (χ3v) is 10.8.